The molecule has 3 aromatic rings. The van der Waals surface area contributed by atoms with Crippen molar-refractivity contribution in [3.63, 3.8) is 0 Å². The SMILES string of the molecule is CCn1c(-c2ccc(C(=O)N3CCOCC3)cc2)c(N)c2cc(OC)ccc21. The zero-order valence-corrected chi connectivity index (χ0v) is 16.3. The van der Waals surface area contributed by atoms with E-state index in [0.717, 1.165) is 40.1 Å². The van der Waals surface area contributed by atoms with Crippen molar-refractivity contribution in [1.82, 2.24) is 9.47 Å². The van der Waals surface area contributed by atoms with Crippen molar-refractivity contribution in [1.29, 1.82) is 0 Å². The second-order valence-corrected chi connectivity index (χ2v) is 6.87. The molecular weight excluding hydrogens is 354 g/mol. The Balaban J connectivity index is 1.71. The third-order valence-electron chi connectivity index (χ3n) is 5.33. The van der Waals surface area contributed by atoms with E-state index < -0.39 is 0 Å². The molecular formula is C22H25N3O3. The quantitative estimate of drug-likeness (QED) is 0.754. The number of rotatable bonds is 4. The van der Waals surface area contributed by atoms with Crippen molar-refractivity contribution < 1.29 is 14.3 Å². The number of aryl methyl sites for hydroxylation is 1. The maximum Gasteiger partial charge on any atom is 0.254 e. The number of hydrogen-bond donors (Lipinski definition) is 1. The summed E-state index contributed by atoms with van der Waals surface area (Å²) >= 11 is 0. The lowest BCUT2D eigenvalue weighted by atomic mass is 10.1. The topological polar surface area (TPSA) is 69.7 Å². The first-order valence-corrected chi connectivity index (χ1v) is 9.57. The van der Waals surface area contributed by atoms with Gasteiger partial charge in [-0.2, -0.15) is 0 Å². The highest BCUT2D eigenvalue weighted by atomic mass is 16.5. The molecule has 2 heterocycles. The van der Waals surface area contributed by atoms with Crippen LogP contribution in [0.2, 0.25) is 0 Å². The second-order valence-electron chi connectivity index (χ2n) is 6.87. The lowest BCUT2D eigenvalue weighted by molar-refractivity contribution is 0.0303. The first-order valence-electron chi connectivity index (χ1n) is 9.57. The Labute approximate surface area is 164 Å². The maximum atomic E-state index is 12.7. The average molecular weight is 379 g/mol. The molecule has 0 saturated carbocycles. The number of morpholine rings is 1. The number of amides is 1. The molecule has 1 aliphatic heterocycles. The van der Waals surface area contributed by atoms with E-state index in [1.165, 1.54) is 0 Å². The molecule has 0 aliphatic carbocycles. The summed E-state index contributed by atoms with van der Waals surface area (Å²) in [4.78, 5) is 14.5. The second kappa shape index (κ2) is 7.56. The predicted octanol–water partition coefficient (Wildman–Crippen LogP) is 3.39. The smallest absolute Gasteiger partial charge is 0.254 e. The predicted molar refractivity (Wildman–Crippen MR) is 111 cm³/mol. The molecule has 146 valence electrons. The lowest BCUT2D eigenvalue weighted by Gasteiger charge is -2.26. The minimum Gasteiger partial charge on any atom is -0.497 e. The number of carbonyl (C=O) groups excluding carboxylic acids is 1. The number of ether oxygens (including phenoxy) is 2. The standard InChI is InChI=1S/C22H25N3O3/c1-3-25-19-9-8-17(27-2)14-18(19)20(23)21(25)15-4-6-16(7-5-15)22(26)24-10-12-28-13-11-24/h4-9,14H,3,10-13,23H2,1-2H3. The van der Waals surface area contributed by atoms with Gasteiger partial charge in [-0.15, -0.1) is 0 Å². The van der Waals surface area contributed by atoms with Crippen LogP contribution in [0.5, 0.6) is 5.75 Å². The van der Waals surface area contributed by atoms with Crippen molar-refractivity contribution in [3.05, 3.63) is 48.0 Å². The van der Waals surface area contributed by atoms with E-state index in [-0.39, 0.29) is 5.91 Å². The molecule has 0 spiro atoms. The molecule has 28 heavy (non-hydrogen) atoms. The van der Waals surface area contributed by atoms with Gasteiger partial charge in [0.1, 0.15) is 5.75 Å². The summed E-state index contributed by atoms with van der Waals surface area (Å²) in [7, 11) is 1.65. The Morgan fingerprint density at radius 3 is 2.50 bits per heavy atom. The van der Waals surface area contributed by atoms with Gasteiger partial charge in [-0.3, -0.25) is 4.79 Å². The number of methoxy groups -OCH3 is 1. The van der Waals surface area contributed by atoms with E-state index in [2.05, 4.69) is 11.5 Å². The van der Waals surface area contributed by atoms with Crippen LogP contribution in [0.4, 0.5) is 5.69 Å². The first-order chi connectivity index (χ1) is 13.6. The Hall–Kier alpha value is -2.99. The van der Waals surface area contributed by atoms with Crippen LogP contribution >= 0.6 is 0 Å². The van der Waals surface area contributed by atoms with E-state index >= 15 is 0 Å². The summed E-state index contributed by atoms with van der Waals surface area (Å²) in [6.07, 6.45) is 0. The largest absolute Gasteiger partial charge is 0.497 e. The highest BCUT2D eigenvalue weighted by Gasteiger charge is 2.20. The Kier molecular flexibility index (Phi) is 4.96. The Morgan fingerprint density at radius 1 is 1.14 bits per heavy atom. The molecule has 6 heteroatoms. The molecule has 4 rings (SSSR count). The van der Waals surface area contributed by atoms with Crippen molar-refractivity contribution in [2.45, 2.75) is 13.5 Å². The summed E-state index contributed by atoms with van der Waals surface area (Å²) in [5.74, 6) is 0.828. The monoisotopic (exact) mass is 379 g/mol. The van der Waals surface area contributed by atoms with E-state index in [0.29, 0.717) is 31.9 Å². The third kappa shape index (κ3) is 3.10. The Bertz CT molecular complexity index is 1000. The van der Waals surface area contributed by atoms with Gasteiger partial charge < -0.3 is 24.7 Å². The summed E-state index contributed by atoms with van der Waals surface area (Å²) in [5.41, 5.74) is 11.0. The minimum atomic E-state index is 0.0450. The zero-order valence-electron chi connectivity index (χ0n) is 16.3. The summed E-state index contributed by atoms with van der Waals surface area (Å²) < 4.78 is 12.9. The molecule has 1 aromatic heterocycles. The lowest BCUT2D eigenvalue weighted by Crippen LogP contribution is -2.40. The molecule has 1 amide bonds. The van der Waals surface area contributed by atoms with E-state index in [9.17, 15) is 4.79 Å². The van der Waals surface area contributed by atoms with Gasteiger partial charge in [-0.05, 0) is 37.3 Å². The molecule has 0 radical (unpaired) electrons. The number of benzene rings is 2. The van der Waals surface area contributed by atoms with Crippen LogP contribution in [0.15, 0.2) is 42.5 Å². The highest BCUT2D eigenvalue weighted by Crippen LogP contribution is 2.37. The van der Waals surface area contributed by atoms with Gasteiger partial charge in [0.25, 0.3) is 5.91 Å². The third-order valence-corrected chi connectivity index (χ3v) is 5.33. The zero-order chi connectivity index (χ0) is 19.7. The summed E-state index contributed by atoms with van der Waals surface area (Å²) in [5, 5.41) is 0.977. The van der Waals surface area contributed by atoms with Gasteiger partial charge in [0, 0.05) is 36.1 Å². The molecule has 2 N–H and O–H groups in total. The van der Waals surface area contributed by atoms with Gasteiger partial charge in [0.15, 0.2) is 0 Å². The van der Waals surface area contributed by atoms with Crippen LogP contribution in [0.25, 0.3) is 22.2 Å². The van der Waals surface area contributed by atoms with Crippen LogP contribution in [0.3, 0.4) is 0 Å². The van der Waals surface area contributed by atoms with Crippen LogP contribution in [0.1, 0.15) is 17.3 Å². The molecule has 0 unspecified atom stereocenters. The van der Waals surface area contributed by atoms with Crippen molar-refractivity contribution >= 4 is 22.5 Å². The first kappa shape index (κ1) is 18.4. The van der Waals surface area contributed by atoms with Gasteiger partial charge in [-0.1, -0.05) is 12.1 Å². The highest BCUT2D eigenvalue weighted by molar-refractivity contribution is 6.02. The number of hydrogen-bond acceptors (Lipinski definition) is 4. The number of nitrogen functional groups attached to an aromatic ring is 1. The average Bonchev–Trinajstić information content (AvgIpc) is 3.05. The number of fused-ring (bicyclic) bond motifs is 1. The molecule has 1 aliphatic rings. The Morgan fingerprint density at radius 2 is 1.86 bits per heavy atom. The van der Waals surface area contributed by atoms with Crippen molar-refractivity contribution in [2.24, 2.45) is 0 Å². The molecule has 2 aromatic carbocycles. The van der Waals surface area contributed by atoms with Gasteiger partial charge >= 0.3 is 0 Å². The van der Waals surface area contributed by atoms with E-state index in [1.807, 2.05) is 47.4 Å². The van der Waals surface area contributed by atoms with Gasteiger partial charge in [-0.25, -0.2) is 0 Å². The van der Waals surface area contributed by atoms with Crippen molar-refractivity contribution in [3.8, 4) is 17.0 Å². The van der Waals surface area contributed by atoms with Crippen LogP contribution in [-0.4, -0.2) is 48.8 Å². The molecule has 1 saturated heterocycles. The number of aromatic nitrogens is 1. The van der Waals surface area contributed by atoms with Crippen LogP contribution < -0.4 is 10.5 Å². The number of nitrogens with two attached hydrogens (primary N) is 1. The summed E-state index contributed by atoms with van der Waals surface area (Å²) in [6.45, 7) is 5.37. The fourth-order valence-electron chi connectivity index (χ4n) is 3.85. The van der Waals surface area contributed by atoms with Gasteiger partial charge in [0.05, 0.1) is 37.2 Å². The van der Waals surface area contributed by atoms with E-state index in [1.54, 1.807) is 7.11 Å². The van der Waals surface area contributed by atoms with Crippen LogP contribution in [-0.2, 0) is 11.3 Å². The number of carbonyl (C=O) groups is 1. The molecule has 0 atom stereocenters. The van der Waals surface area contributed by atoms with Crippen molar-refractivity contribution in [2.75, 3.05) is 39.1 Å². The van der Waals surface area contributed by atoms with E-state index in [4.69, 9.17) is 15.2 Å². The van der Waals surface area contributed by atoms with Gasteiger partial charge in [0.2, 0.25) is 0 Å². The number of anilines is 1. The maximum absolute atomic E-state index is 12.7. The minimum absolute atomic E-state index is 0.0450. The normalized spacial score (nSPS) is 14.4. The van der Waals surface area contributed by atoms with Crippen LogP contribution in [0, 0.1) is 0 Å². The molecule has 1 fully saturated rings. The fraction of sp³-hybridized carbons (Fsp3) is 0.318. The molecule has 6 nitrogen and oxygen atoms in total. The molecule has 0 bridgehead atoms. The summed E-state index contributed by atoms with van der Waals surface area (Å²) in [6, 6.07) is 13.7. The fourth-order valence-corrected chi connectivity index (χ4v) is 3.85. The number of nitrogens with zero attached hydrogens (tertiary/aromatic N) is 2.